The van der Waals surface area contributed by atoms with Crippen LogP contribution in [0.25, 0.3) is 5.57 Å². The fourth-order valence-corrected chi connectivity index (χ4v) is 1.78. The Kier molecular flexibility index (Phi) is 4.20. The molecular weight excluding hydrogens is 257 g/mol. The van der Waals surface area contributed by atoms with Crippen molar-refractivity contribution >= 4 is 17.6 Å². The summed E-state index contributed by atoms with van der Waals surface area (Å²) in [6.45, 7) is 1.94. The fraction of sp³-hybridized carbons (Fsp3) is 0.133. The van der Waals surface area contributed by atoms with Crippen molar-refractivity contribution < 1.29 is 9.18 Å². The first kappa shape index (κ1) is 13.9. The van der Waals surface area contributed by atoms with Crippen molar-refractivity contribution in [2.75, 3.05) is 0 Å². The second-order valence-corrected chi connectivity index (χ2v) is 4.25. The van der Waals surface area contributed by atoms with Crippen LogP contribution >= 0.6 is 0 Å². The number of benzene rings is 1. The van der Waals surface area contributed by atoms with Gasteiger partial charge in [-0.2, -0.15) is 0 Å². The number of allylic oxidation sites excluding steroid dienone is 2. The van der Waals surface area contributed by atoms with Gasteiger partial charge in [-0.1, -0.05) is 6.92 Å². The van der Waals surface area contributed by atoms with Crippen LogP contribution in [0.4, 0.5) is 4.39 Å². The van der Waals surface area contributed by atoms with Crippen LogP contribution in [0.5, 0.6) is 0 Å². The quantitative estimate of drug-likeness (QED) is 0.647. The first-order valence-electron chi connectivity index (χ1n) is 6.19. The lowest BCUT2D eigenvalue weighted by Gasteiger charge is -2.03. The van der Waals surface area contributed by atoms with Gasteiger partial charge >= 0.3 is 0 Å². The van der Waals surface area contributed by atoms with Crippen molar-refractivity contribution in [2.24, 2.45) is 0 Å². The Hall–Kier alpha value is -2.56. The van der Waals surface area contributed by atoms with Gasteiger partial charge in [0.05, 0.1) is 17.6 Å². The molecule has 2 aromatic rings. The molecule has 0 spiro atoms. The van der Waals surface area contributed by atoms with Crippen molar-refractivity contribution in [1.29, 1.82) is 5.41 Å². The Balaban J connectivity index is 2.28. The number of hydrogen-bond donors (Lipinski definition) is 2. The van der Waals surface area contributed by atoms with E-state index in [-0.39, 0.29) is 11.5 Å². The second kappa shape index (κ2) is 6.06. The van der Waals surface area contributed by atoms with E-state index in [4.69, 9.17) is 5.41 Å². The Morgan fingerprint density at radius 3 is 2.65 bits per heavy atom. The highest BCUT2D eigenvalue weighted by molar-refractivity contribution is 6.10. The SMILES string of the molecule is CC/C(=C/C(=N)c1ccc(F)cc1)c1ncc(C=O)[nH]1. The highest BCUT2D eigenvalue weighted by Crippen LogP contribution is 2.16. The molecule has 20 heavy (non-hydrogen) atoms. The smallest absolute Gasteiger partial charge is 0.167 e. The minimum atomic E-state index is -0.331. The molecule has 0 atom stereocenters. The summed E-state index contributed by atoms with van der Waals surface area (Å²) in [7, 11) is 0. The molecule has 0 saturated carbocycles. The molecule has 1 aromatic carbocycles. The number of nitrogens with zero attached hydrogens (tertiary/aromatic N) is 1. The number of nitrogens with one attached hydrogen (secondary N) is 2. The van der Waals surface area contributed by atoms with E-state index in [1.54, 1.807) is 18.2 Å². The van der Waals surface area contributed by atoms with E-state index >= 15 is 0 Å². The van der Waals surface area contributed by atoms with Crippen LogP contribution in [-0.2, 0) is 0 Å². The zero-order valence-corrected chi connectivity index (χ0v) is 11.0. The Bertz CT molecular complexity index is 656. The van der Waals surface area contributed by atoms with E-state index < -0.39 is 0 Å². The normalized spacial score (nSPS) is 11.4. The van der Waals surface area contributed by atoms with E-state index in [0.29, 0.717) is 29.8 Å². The van der Waals surface area contributed by atoms with Crippen LogP contribution in [-0.4, -0.2) is 22.0 Å². The van der Waals surface area contributed by atoms with E-state index in [2.05, 4.69) is 9.97 Å². The molecule has 5 heteroatoms. The number of aromatic amines is 1. The number of H-pyrrole nitrogens is 1. The van der Waals surface area contributed by atoms with Crippen LogP contribution in [0.3, 0.4) is 0 Å². The molecule has 0 aliphatic rings. The molecule has 0 saturated heterocycles. The minimum absolute atomic E-state index is 0.269. The molecule has 1 aromatic heterocycles. The van der Waals surface area contributed by atoms with Gasteiger partial charge in [0.15, 0.2) is 6.29 Å². The van der Waals surface area contributed by atoms with Crippen LogP contribution < -0.4 is 0 Å². The van der Waals surface area contributed by atoms with Gasteiger partial charge in [0, 0.05) is 0 Å². The molecule has 0 aliphatic carbocycles. The third-order valence-corrected chi connectivity index (χ3v) is 2.88. The second-order valence-electron chi connectivity index (χ2n) is 4.25. The third kappa shape index (κ3) is 3.06. The highest BCUT2D eigenvalue weighted by Gasteiger charge is 2.07. The van der Waals surface area contributed by atoms with E-state index in [0.717, 1.165) is 5.57 Å². The molecule has 0 radical (unpaired) electrons. The monoisotopic (exact) mass is 271 g/mol. The number of rotatable bonds is 5. The lowest BCUT2D eigenvalue weighted by molar-refractivity contribution is 0.111. The lowest BCUT2D eigenvalue weighted by Crippen LogP contribution is -1.98. The summed E-state index contributed by atoms with van der Waals surface area (Å²) in [5.41, 5.74) is 2.10. The molecular formula is C15H14FN3O. The molecule has 2 N–H and O–H groups in total. The number of imidazole rings is 1. The standard InChI is InChI=1S/C15H14FN3O/c1-2-10(15-18-8-13(9-20)19-15)7-14(17)11-3-5-12(16)6-4-11/h3-9,17H,2H2,1H3,(H,18,19)/b10-7-,17-14?. The molecule has 0 unspecified atom stereocenters. The van der Waals surface area contributed by atoms with Crippen molar-refractivity contribution in [3.8, 4) is 0 Å². The van der Waals surface area contributed by atoms with Crippen LogP contribution in [0.15, 0.2) is 36.5 Å². The Morgan fingerprint density at radius 2 is 2.10 bits per heavy atom. The molecule has 0 bridgehead atoms. The van der Waals surface area contributed by atoms with E-state index in [1.807, 2.05) is 6.92 Å². The predicted octanol–water partition coefficient (Wildman–Crippen LogP) is 3.22. The first-order chi connectivity index (χ1) is 9.63. The van der Waals surface area contributed by atoms with Crippen LogP contribution in [0.2, 0.25) is 0 Å². The molecule has 102 valence electrons. The molecule has 0 fully saturated rings. The highest BCUT2D eigenvalue weighted by atomic mass is 19.1. The number of carbonyl (C=O) groups is 1. The van der Waals surface area contributed by atoms with Gasteiger partial charge in [0.25, 0.3) is 0 Å². The maximum Gasteiger partial charge on any atom is 0.167 e. The molecule has 4 nitrogen and oxygen atoms in total. The Morgan fingerprint density at radius 1 is 1.40 bits per heavy atom. The van der Waals surface area contributed by atoms with Crippen molar-refractivity contribution in [1.82, 2.24) is 9.97 Å². The summed E-state index contributed by atoms with van der Waals surface area (Å²) in [6.07, 6.45) is 4.47. The number of aromatic nitrogens is 2. The van der Waals surface area contributed by atoms with E-state index in [1.165, 1.54) is 18.3 Å². The topological polar surface area (TPSA) is 69.6 Å². The predicted molar refractivity (Wildman–Crippen MR) is 75.5 cm³/mol. The number of aldehydes is 1. The summed E-state index contributed by atoms with van der Waals surface area (Å²) < 4.78 is 12.9. The molecule has 0 aliphatic heterocycles. The summed E-state index contributed by atoms with van der Waals surface area (Å²) in [5, 5.41) is 8.02. The van der Waals surface area contributed by atoms with Gasteiger partial charge in [-0.25, -0.2) is 9.37 Å². The molecule has 0 amide bonds. The van der Waals surface area contributed by atoms with Gasteiger partial charge in [0.1, 0.15) is 11.6 Å². The summed E-state index contributed by atoms with van der Waals surface area (Å²) >= 11 is 0. The van der Waals surface area contributed by atoms with Crippen LogP contribution in [0, 0.1) is 11.2 Å². The maximum absolute atomic E-state index is 12.9. The lowest BCUT2D eigenvalue weighted by atomic mass is 10.1. The number of carbonyl (C=O) groups excluding carboxylic acids is 1. The Labute approximate surface area is 115 Å². The molecule has 2 rings (SSSR count). The zero-order valence-electron chi connectivity index (χ0n) is 11.0. The first-order valence-corrected chi connectivity index (χ1v) is 6.19. The van der Waals surface area contributed by atoms with Gasteiger partial charge in [-0.15, -0.1) is 0 Å². The van der Waals surface area contributed by atoms with E-state index in [9.17, 15) is 9.18 Å². The van der Waals surface area contributed by atoms with Crippen molar-refractivity contribution in [2.45, 2.75) is 13.3 Å². The average molecular weight is 271 g/mol. The largest absolute Gasteiger partial charge is 0.336 e. The summed E-state index contributed by atoms with van der Waals surface area (Å²) in [4.78, 5) is 17.6. The van der Waals surface area contributed by atoms with Gasteiger partial charge in [-0.05, 0) is 47.9 Å². The van der Waals surface area contributed by atoms with Gasteiger partial charge in [-0.3, -0.25) is 4.79 Å². The average Bonchev–Trinajstić information content (AvgIpc) is 2.94. The fourth-order valence-electron chi connectivity index (χ4n) is 1.78. The summed E-state index contributed by atoms with van der Waals surface area (Å²) in [6, 6.07) is 5.75. The van der Waals surface area contributed by atoms with Crippen LogP contribution in [0.1, 0.15) is 35.2 Å². The minimum Gasteiger partial charge on any atom is -0.336 e. The van der Waals surface area contributed by atoms with Gasteiger partial charge < -0.3 is 10.4 Å². The third-order valence-electron chi connectivity index (χ3n) is 2.88. The number of hydrogen-bond acceptors (Lipinski definition) is 3. The van der Waals surface area contributed by atoms with Crippen molar-refractivity contribution in [3.63, 3.8) is 0 Å². The zero-order chi connectivity index (χ0) is 14.5. The number of halogens is 1. The van der Waals surface area contributed by atoms with Crippen molar-refractivity contribution in [3.05, 3.63) is 59.4 Å². The van der Waals surface area contributed by atoms with Gasteiger partial charge in [0.2, 0.25) is 0 Å². The molecule has 1 heterocycles. The summed E-state index contributed by atoms with van der Waals surface area (Å²) in [5.74, 6) is 0.240. The maximum atomic E-state index is 12.9.